The second-order valence-electron chi connectivity index (χ2n) is 6.37. The number of carbonyl (C=O) groups excluding carboxylic acids is 1. The Kier molecular flexibility index (Phi) is 4.88. The van der Waals surface area contributed by atoms with E-state index < -0.39 is 0 Å². The molecule has 28 heavy (non-hydrogen) atoms. The van der Waals surface area contributed by atoms with E-state index in [1.165, 1.54) is 7.11 Å². The van der Waals surface area contributed by atoms with Crippen molar-refractivity contribution in [3.63, 3.8) is 0 Å². The molecule has 0 radical (unpaired) electrons. The molecule has 0 saturated carbocycles. The number of aryl methyl sites for hydroxylation is 1. The number of ether oxygens (including phenoxy) is 1. The lowest BCUT2D eigenvalue weighted by molar-refractivity contribution is 0.102. The van der Waals surface area contributed by atoms with Gasteiger partial charge in [-0.3, -0.25) is 4.79 Å². The molecule has 0 fully saturated rings. The van der Waals surface area contributed by atoms with Crippen molar-refractivity contribution in [2.45, 2.75) is 6.92 Å². The van der Waals surface area contributed by atoms with Crippen LogP contribution in [0.15, 0.2) is 69.6 Å². The number of hydrogen-bond acceptors (Lipinski definition) is 4. The number of benzene rings is 3. The van der Waals surface area contributed by atoms with Gasteiger partial charge >= 0.3 is 0 Å². The summed E-state index contributed by atoms with van der Waals surface area (Å²) < 4.78 is 11.9. The van der Waals surface area contributed by atoms with Crippen LogP contribution in [-0.2, 0) is 0 Å². The van der Waals surface area contributed by atoms with Gasteiger partial charge in [0.05, 0.1) is 12.7 Å². The highest BCUT2D eigenvalue weighted by Gasteiger charge is 2.14. The van der Waals surface area contributed by atoms with Gasteiger partial charge in [0.25, 0.3) is 5.91 Å². The lowest BCUT2D eigenvalue weighted by Crippen LogP contribution is -2.13. The number of fused-ring (bicyclic) bond motifs is 1. The molecule has 0 saturated heterocycles. The van der Waals surface area contributed by atoms with Crippen LogP contribution in [0.1, 0.15) is 15.9 Å². The third-order valence-electron chi connectivity index (χ3n) is 4.32. The van der Waals surface area contributed by atoms with Gasteiger partial charge in [0, 0.05) is 15.7 Å². The van der Waals surface area contributed by atoms with E-state index in [1.54, 1.807) is 12.1 Å². The number of methoxy groups -OCH3 is 1. The Labute approximate surface area is 170 Å². The molecule has 0 aliphatic carbocycles. The summed E-state index contributed by atoms with van der Waals surface area (Å²) in [5.74, 6) is 0.756. The minimum absolute atomic E-state index is 0.261. The summed E-state index contributed by atoms with van der Waals surface area (Å²) >= 11 is 3.39. The van der Waals surface area contributed by atoms with Crippen LogP contribution < -0.4 is 10.1 Å². The van der Waals surface area contributed by atoms with Gasteiger partial charge in [0.15, 0.2) is 5.58 Å². The SMILES string of the molecule is COc1ccc(Br)cc1C(=O)Nc1cccc(-c2nc3cc(C)ccc3o2)c1. The lowest BCUT2D eigenvalue weighted by Gasteiger charge is -2.10. The monoisotopic (exact) mass is 436 g/mol. The van der Waals surface area contributed by atoms with Crippen molar-refractivity contribution >= 4 is 38.6 Å². The third-order valence-corrected chi connectivity index (χ3v) is 4.81. The van der Waals surface area contributed by atoms with Gasteiger partial charge in [-0.05, 0) is 61.0 Å². The zero-order valence-corrected chi connectivity index (χ0v) is 16.9. The number of rotatable bonds is 4. The predicted molar refractivity (Wildman–Crippen MR) is 113 cm³/mol. The molecule has 1 amide bonds. The van der Waals surface area contributed by atoms with Crippen molar-refractivity contribution in [3.05, 3.63) is 76.3 Å². The molecule has 4 rings (SSSR count). The first kappa shape index (κ1) is 18.3. The third kappa shape index (κ3) is 3.64. The lowest BCUT2D eigenvalue weighted by atomic mass is 10.1. The van der Waals surface area contributed by atoms with Crippen LogP contribution in [0.2, 0.25) is 0 Å². The van der Waals surface area contributed by atoms with Crippen LogP contribution in [0.4, 0.5) is 5.69 Å². The molecule has 0 atom stereocenters. The molecule has 1 aromatic heterocycles. The summed E-state index contributed by atoms with van der Waals surface area (Å²) in [5.41, 5.74) is 4.53. The Morgan fingerprint density at radius 3 is 2.79 bits per heavy atom. The van der Waals surface area contributed by atoms with Crippen LogP contribution >= 0.6 is 15.9 Å². The average Bonchev–Trinajstić information content (AvgIpc) is 3.11. The van der Waals surface area contributed by atoms with E-state index in [9.17, 15) is 4.79 Å². The van der Waals surface area contributed by atoms with E-state index in [4.69, 9.17) is 9.15 Å². The van der Waals surface area contributed by atoms with Crippen molar-refractivity contribution < 1.29 is 13.9 Å². The molecule has 6 heteroatoms. The van der Waals surface area contributed by atoms with Crippen LogP contribution in [0.5, 0.6) is 5.75 Å². The molecule has 3 aromatic carbocycles. The fraction of sp³-hybridized carbons (Fsp3) is 0.0909. The van der Waals surface area contributed by atoms with Crippen molar-refractivity contribution in [2.24, 2.45) is 0 Å². The number of oxazole rings is 1. The molecule has 1 heterocycles. The summed E-state index contributed by atoms with van der Waals surface area (Å²) in [6.45, 7) is 2.01. The Balaban J connectivity index is 1.63. The first-order chi connectivity index (χ1) is 13.5. The van der Waals surface area contributed by atoms with E-state index in [1.807, 2.05) is 55.5 Å². The maximum absolute atomic E-state index is 12.7. The number of aromatic nitrogens is 1. The number of amides is 1. The number of nitrogens with zero attached hydrogens (tertiary/aromatic N) is 1. The molecule has 140 valence electrons. The van der Waals surface area contributed by atoms with Crippen molar-refractivity contribution in [1.82, 2.24) is 4.98 Å². The Bertz CT molecular complexity index is 1180. The van der Waals surface area contributed by atoms with Crippen LogP contribution in [0, 0.1) is 6.92 Å². The summed E-state index contributed by atoms with van der Waals surface area (Å²) in [6.07, 6.45) is 0. The Morgan fingerprint density at radius 1 is 1.11 bits per heavy atom. The zero-order chi connectivity index (χ0) is 19.7. The van der Waals surface area contributed by atoms with Crippen LogP contribution in [0.25, 0.3) is 22.6 Å². The second kappa shape index (κ2) is 7.48. The smallest absolute Gasteiger partial charge is 0.259 e. The summed E-state index contributed by atoms with van der Waals surface area (Å²) in [5, 5.41) is 2.90. The first-order valence-electron chi connectivity index (χ1n) is 8.66. The number of hydrogen-bond donors (Lipinski definition) is 1. The molecule has 0 aliphatic heterocycles. The van der Waals surface area contributed by atoms with Gasteiger partial charge < -0.3 is 14.5 Å². The second-order valence-corrected chi connectivity index (χ2v) is 7.29. The van der Waals surface area contributed by atoms with E-state index in [2.05, 4.69) is 26.2 Å². The highest BCUT2D eigenvalue weighted by atomic mass is 79.9. The minimum Gasteiger partial charge on any atom is -0.496 e. The Hall–Kier alpha value is -3.12. The van der Waals surface area contributed by atoms with Crippen molar-refractivity contribution in [1.29, 1.82) is 0 Å². The molecular formula is C22H17BrN2O3. The van der Waals surface area contributed by atoms with Crippen LogP contribution in [0.3, 0.4) is 0 Å². The van der Waals surface area contributed by atoms with E-state index >= 15 is 0 Å². The highest BCUT2D eigenvalue weighted by Crippen LogP contribution is 2.28. The standard InChI is InChI=1S/C22H17BrN2O3/c1-13-6-8-20-18(10-13)25-22(28-20)14-4-3-5-16(11-14)24-21(26)17-12-15(23)7-9-19(17)27-2/h3-12H,1-2H3,(H,24,26). The topological polar surface area (TPSA) is 64.4 Å². The minimum atomic E-state index is -0.261. The maximum atomic E-state index is 12.7. The molecule has 0 unspecified atom stereocenters. The van der Waals surface area contributed by atoms with Crippen molar-refractivity contribution in [3.8, 4) is 17.2 Å². The molecule has 4 aromatic rings. The summed E-state index contributed by atoms with van der Waals surface area (Å²) in [7, 11) is 1.54. The summed E-state index contributed by atoms with van der Waals surface area (Å²) in [4.78, 5) is 17.3. The normalized spacial score (nSPS) is 10.8. The van der Waals surface area contributed by atoms with E-state index in [-0.39, 0.29) is 5.91 Å². The zero-order valence-electron chi connectivity index (χ0n) is 15.3. The first-order valence-corrected chi connectivity index (χ1v) is 9.45. The van der Waals surface area contributed by atoms with E-state index in [0.29, 0.717) is 22.9 Å². The number of carbonyl (C=O) groups is 1. The quantitative estimate of drug-likeness (QED) is 0.437. The number of nitrogens with one attached hydrogen (secondary N) is 1. The fourth-order valence-corrected chi connectivity index (χ4v) is 3.31. The molecule has 1 N–H and O–H groups in total. The Morgan fingerprint density at radius 2 is 1.96 bits per heavy atom. The largest absolute Gasteiger partial charge is 0.496 e. The van der Waals surface area contributed by atoms with Gasteiger partial charge in [0.2, 0.25) is 5.89 Å². The fourth-order valence-electron chi connectivity index (χ4n) is 2.95. The van der Waals surface area contributed by atoms with E-state index in [0.717, 1.165) is 26.7 Å². The van der Waals surface area contributed by atoms with Gasteiger partial charge in [-0.25, -0.2) is 4.98 Å². The van der Waals surface area contributed by atoms with Gasteiger partial charge in [-0.15, -0.1) is 0 Å². The van der Waals surface area contributed by atoms with Gasteiger partial charge in [-0.1, -0.05) is 28.1 Å². The van der Waals surface area contributed by atoms with Gasteiger partial charge in [0.1, 0.15) is 11.3 Å². The van der Waals surface area contributed by atoms with Crippen molar-refractivity contribution in [2.75, 3.05) is 12.4 Å². The molecule has 0 bridgehead atoms. The van der Waals surface area contributed by atoms with Crippen LogP contribution in [-0.4, -0.2) is 18.0 Å². The summed E-state index contributed by atoms with van der Waals surface area (Å²) in [6, 6.07) is 18.6. The molecule has 0 spiro atoms. The maximum Gasteiger partial charge on any atom is 0.259 e. The average molecular weight is 437 g/mol. The van der Waals surface area contributed by atoms with Gasteiger partial charge in [-0.2, -0.15) is 0 Å². The molecule has 0 aliphatic rings. The molecule has 5 nitrogen and oxygen atoms in total. The number of anilines is 1. The highest BCUT2D eigenvalue weighted by molar-refractivity contribution is 9.10. The predicted octanol–water partition coefficient (Wildman–Crippen LogP) is 5.83. The molecular weight excluding hydrogens is 420 g/mol. The number of halogens is 1.